The quantitative estimate of drug-likeness (QED) is 0.933. The average molecular weight is 328 g/mol. The van der Waals surface area contributed by atoms with Crippen LogP contribution in [-0.2, 0) is 4.79 Å². The van der Waals surface area contributed by atoms with E-state index in [4.69, 9.17) is 0 Å². The van der Waals surface area contributed by atoms with Gasteiger partial charge < -0.3 is 10.2 Å². The number of aryl methyl sites for hydroxylation is 1. The summed E-state index contributed by atoms with van der Waals surface area (Å²) in [7, 11) is 0. The molecular formula is C16H16N4O2S. The molecule has 1 aliphatic heterocycles. The zero-order valence-electron chi connectivity index (χ0n) is 12.7. The minimum absolute atomic E-state index is 0.0511. The van der Waals surface area contributed by atoms with Crippen LogP contribution < -0.4 is 5.32 Å². The summed E-state index contributed by atoms with van der Waals surface area (Å²) in [5, 5.41) is 2.70. The van der Waals surface area contributed by atoms with Crippen LogP contribution in [0.2, 0.25) is 0 Å². The smallest absolute Gasteiger partial charge is 0.282 e. The summed E-state index contributed by atoms with van der Waals surface area (Å²) in [6.07, 6.45) is 0. The van der Waals surface area contributed by atoms with Crippen molar-refractivity contribution in [3.63, 3.8) is 0 Å². The first-order valence-electron chi connectivity index (χ1n) is 7.24. The zero-order valence-corrected chi connectivity index (χ0v) is 13.5. The molecule has 0 saturated carbocycles. The molecule has 1 fully saturated rings. The minimum Gasteiger partial charge on any atom is -0.323 e. The third-order valence-electron chi connectivity index (χ3n) is 3.33. The number of carbonyl (C=O) groups excluding carboxylic acids is 2. The number of hydrogen-bond acceptors (Lipinski definition) is 5. The molecule has 2 heterocycles. The van der Waals surface area contributed by atoms with Crippen LogP contribution >= 0.6 is 11.8 Å². The van der Waals surface area contributed by atoms with E-state index in [9.17, 15) is 9.59 Å². The van der Waals surface area contributed by atoms with Gasteiger partial charge >= 0.3 is 0 Å². The number of thioether (sulfide) groups is 1. The summed E-state index contributed by atoms with van der Waals surface area (Å²) in [6.45, 7) is 2.51. The molecule has 0 aliphatic carbocycles. The van der Waals surface area contributed by atoms with E-state index in [1.165, 1.54) is 16.7 Å². The van der Waals surface area contributed by atoms with Crippen LogP contribution in [0.4, 0.5) is 10.6 Å². The second-order valence-electron chi connectivity index (χ2n) is 5.17. The van der Waals surface area contributed by atoms with E-state index >= 15 is 0 Å². The first-order chi connectivity index (χ1) is 11.1. The maximum Gasteiger partial charge on any atom is 0.282 e. The number of benzene rings is 1. The number of nitrogens with one attached hydrogen (secondary N) is 1. The van der Waals surface area contributed by atoms with Gasteiger partial charge in [-0.2, -0.15) is 0 Å². The van der Waals surface area contributed by atoms with Crippen molar-refractivity contribution >= 4 is 28.7 Å². The molecule has 1 saturated heterocycles. The van der Waals surface area contributed by atoms with Crippen molar-refractivity contribution in [1.82, 2.24) is 14.9 Å². The van der Waals surface area contributed by atoms with Crippen molar-refractivity contribution in [1.29, 1.82) is 0 Å². The Hall–Kier alpha value is -2.41. The summed E-state index contributed by atoms with van der Waals surface area (Å²) >= 11 is 1.24. The second-order valence-corrected chi connectivity index (χ2v) is 6.21. The normalized spacial score (nSPS) is 14.1. The lowest BCUT2D eigenvalue weighted by Crippen LogP contribution is -2.33. The van der Waals surface area contributed by atoms with Crippen LogP contribution in [0.1, 0.15) is 5.69 Å². The number of nitrogens with zero attached hydrogens (tertiary/aromatic N) is 3. The van der Waals surface area contributed by atoms with Crippen molar-refractivity contribution in [2.24, 2.45) is 0 Å². The van der Waals surface area contributed by atoms with Gasteiger partial charge in [-0.1, -0.05) is 42.1 Å². The van der Waals surface area contributed by atoms with Gasteiger partial charge in [-0.3, -0.25) is 9.59 Å². The molecule has 0 spiro atoms. The third-order valence-corrected chi connectivity index (χ3v) is 4.22. The molecule has 0 radical (unpaired) electrons. The Kier molecular flexibility index (Phi) is 4.57. The van der Waals surface area contributed by atoms with Crippen LogP contribution in [0, 0.1) is 6.92 Å². The highest BCUT2D eigenvalue weighted by atomic mass is 32.2. The van der Waals surface area contributed by atoms with E-state index in [0.29, 0.717) is 18.2 Å². The summed E-state index contributed by atoms with van der Waals surface area (Å²) in [5.41, 5.74) is 1.65. The predicted octanol–water partition coefficient (Wildman–Crippen LogP) is 2.56. The van der Waals surface area contributed by atoms with Gasteiger partial charge in [0.25, 0.3) is 5.24 Å². The topological polar surface area (TPSA) is 75.2 Å². The Labute approximate surface area is 138 Å². The lowest BCUT2D eigenvalue weighted by atomic mass is 10.2. The minimum atomic E-state index is -0.252. The van der Waals surface area contributed by atoms with Gasteiger partial charge in [-0.05, 0) is 6.92 Å². The predicted molar refractivity (Wildman–Crippen MR) is 90.3 cm³/mol. The Morgan fingerprint density at radius 2 is 2.09 bits per heavy atom. The molecule has 6 nitrogen and oxygen atoms in total. The fourth-order valence-electron chi connectivity index (χ4n) is 2.27. The fraction of sp³-hybridized carbons (Fsp3) is 0.250. The summed E-state index contributed by atoms with van der Waals surface area (Å²) in [5.74, 6) is 1.49. The molecule has 1 aromatic heterocycles. The number of amides is 2. The van der Waals surface area contributed by atoms with Gasteiger partial charge in [0.2, 0.25) is 5.91 Å². The standard InChI is InChI=1S/C16H16N4O2S/c1-11-9-13(18-14(21)10-20-7-8-23-16(20)22)19-15(17-11)12-5-3-2-4-6-12/h2-6,9H,7-8,10H2,1H3,(H,17,18,19,21). The Balaban J connectivity index is 1.74. The molecule has 0 bridgehead atoms. The highest BCUT2D eigenvalue weighted by molar-refractivity contribution is 8.13. The number of aromatic nitrogens is 2. The van der Waals surface area contributed by atoms with E-state index in [0.717, 1.165) is 17.0 Å². The molecule has 1 aliphatic rings. The lowest BCUT2D eigenvalue weighted by molar-refractivity contribution is -0.116. The van der Waals surface area contributed by atoms with Crippen molar-refractivity contribution in [2.45, 2.75) is 6.92 Å². The molecule has 118 valence electrons. The molecule has 2 aromatic rings. The van der Waals surface area contributed by atoms with Crippen molar-refractivity contribution in [2.75, 3.05) is 24.2 Å². The molecule has 2 amide bonds. The maximum absolute atomic E-state index is 12.1. The summed E-state index contributed by atoms with van der Waals surface area (Å²) in [4.78, 5) is 34.0. The molecule has 23 heavy (non-hydrogen) atoms. The summed E-state index contributed by atoms with van der Waals surface area (Å²) < 4.78 is 0. The first kappa shape index (κ1) is 15.5. The molecular weight excluding hydrogens is 312 g/mol. The van der Waals surface area contributed by atoms with Crippen LogP contribution in [-0.4, -0.2) is 44.9 Å². The average Bonchev–Trinajstić information content (AvgIpc) is 2.92. The third kappa shape index (κ3) is 3.87. The van der Waals surface area contributed by atoms with E-state index < -0.39 is 0 Å². The first-order valence-corrected chi connectivity index (χ1v) is 8.23. The van der Waals surface area contributed by atoms with Crippen LogP contribution in [0.5, 0.6) is 0 Å². The second kappa shape index (κ2) is 6.78. The van der Waals surface area contributed by atoms with E-state index in [-0.39, 0.29) is 17.7 Å². The number of rotatable bonds is 4. The molecule has 0 atom stereocenters. The molecule has 7 heteroatoms. The number of hydrogen-bond donors (Lipinski definition) is 1. The maximum atomic E-state index is 12.1. The highest BCUT2D eigenvalue weighted by Crippen LogP contribution is 2.19. The van der Waals surface area contributed by atoms with Crippen molar-refractivity contribution < 1.29 is 9.59 Å². The fourth-order valence-corrected chi connectivity index (χ4v) is 3.10. The van der Waals surface area contributed by atoms with Gasteiger partial charge in [0.05, 0.1) is 0 Å². The van der Waals surface area contributed by atoms with Gasteiger partial charge in [0.15, 0.2) is 5.82 Å². The van der Waals surface area contributed by atoms with Crippen LogP contribution in [0.25, 0.3) is 11.4 Å². The largest absolute Gasteiger partial charge is 0.323 e. The highest BCUT2D eigenvalue weighted by Gasteiger charge is 2.23. The molecule has 1 N–H and O–H groups in total. The van der Waals surface area contributed by atoms with Crippen LogP contribution in [0.15, 0.2) is 36.4 Å². The lowest BCUT2D eigenvalue weighted by Gasteiger charge is -2.14. The van der Waals surface area contributed by atoms with Gasteiger partial charge in [0.1, 0.15) is 12.4 Å². The molecule has 0 unspecified atom stereocenters. The van der Waals surface area contributed by atoms with Gasteiger partial charge in [0, 0.05) is 29.6 Å². The van der Waals surface area contributed by atoms with E-state index in [1.54, 1.807) is 6.07 Å². The van der Waals surface area contributed by atoms with Crippen LogP contribution in [0.3, 0.4) is 0 Å². The van der Waals surface area contributed by atoms with Crippen molar-refractivity contribution in [3.05, 3.63) is 42.1 Å². The molecule has 1 aromatic carbocycles. The Morgan fingerprint density at radius 3 is 2.78 bits per heavy atom. The van der Waals surface area contributed by atoms with Crippen molar-refractivity contribution in [3.8, 4) is 11.4 Å². The van der Waals surface area contributed by atoms with Gasteiger partial charge in [-0.25, -0.2) is 9.97 Å². The SMILES string of the molecule is Cc1cc(NC(=O)CN2CCSC2=O)nc(-c2ccccc2)n1. The Bertz CT molecular complexity index is 736. The zero-order chi connectivity index (χ0) is 16.2. The van der Waals surface area contributed by atoms with E-state index in [2.05, 4.69) is 15.3 Å². The monoisotopic (exact) mass is 328 g/mol. The van der Waals surface area contributed by atoms with Gasteiger partial charge in [-0.15, -0.1) is 0 Å². The number of anilines is 1. The Morgan fingerprint density at radius 1 is 1.30 bits per heavy atom. The number of carbonyl (C=O) groups is 2. The van der Waals surface area contributed by atoms with E-state index in [1.807, 2.05) is 37.3 Å². The molecule has 3 rings (SSSR count). The summed E-state index contributed by atoms with van der Waals surface area (Å²) in [6, 6.07) is 11.3.